The number of anilines is 2. The van der Waals surface area contributed by atoms with Crippen LogP contribution in [-0.2, 0) is 9.59 Å². The first-order chi connectivity index (χ1) is 13.0. The minimum absolute atomic E-state index is 0.0151. The number of carbonyl (C=O) groups excluding carboxylic acids is 2. The van der Waals surface area contributed by atoms with Gasteiger partial charge in [0, 0.05) is 11.3 Å². The van der Waals surface area contributed by atoms with E-state index in [1.807, 2.05) is 62.4 Å². The molecule has 0 unspecified atom stereocenters. The van der Waals surface area contributed by atoms with E-state index in [1.165, 1.54) is 4.68 Å². The maximum atomic E-state index is 12.9. The van der Waals surface area contributed by atoms with Crippen molar-refractivity contribution >= 4 is 23.5 Å². The molecule has 0 spiro atoms. The van der Waals surface area contributed by atoms with E-state index in [-0.39, 0.29) is 24.2 Å². The summed E-state index contributed by atoms with van der Waals surface area (Å²) in [5.41, 5.74) is 3.63. The van der Waals surface area contributed by atoms with Crippen LogP contribution in [0.4, 0.5) is 11.6 Å². The van der Waals surface area contributed by atoms with E-state index in [9.17, 15) is 9.59 Å². The van der Waals surface area contributed by atoms with Crippen molar-refractivity contribution < 1.29 is 9.59 Å². The molecule has 3 aromatic rings. The molecule has 0 aliphatic carbocycles. The number of carbonyl (C=O) groups is 2. The van der Waals surface area contributed by atoms with E-state index in [2.05, 4.69) is 20.7 Å². The average Bonchev–Trinajstić information content (AvgIpc) is 3.04. The summed E-state index contributed by atoms with van der Waals surface area (Å²) in [7, 11) is 0. The lowest BCUT2D eigenvalue weighted by Crippen LogP contribution is -2.36. The Morgan fingerprint density at radius 3 is 2.56 bits per heavy atom. The van der Waals surface area contributed by atoms with Crippen LogP contribution in [0, 0.1) is 13.8 Å². The summed E-state index contributed by atoms with van der Waals surface area (Å²) in [6.45, 7) is 3.94. The van der Waals surface area contributed by atoms with Crippen LogP contribution in [0.5, 0.6) is 0 Å². The number of hydrogen-bond donors (Lipinski definition) is 2. The van der Waals surface area contributed by atoms with Crippen molar-refractivity contribution in [3.05, 3.63) is 59.7 Å². The summed E-state index contributed by atoms with van der Waals surface area (Å²) in [4.78, 5) is 29.3. The van der Waals surface area contributed by atoms with Crippen molar-refractivity contribution in [1.29, 1.82) is 0 Å². The van der Waals surface area contributed by atoms with Gasteiger partial charge >= 0.3 is 0 Å². The molecule has 0 saturated carbocycles. The van der Waals surface area contributed by atoms with Gasteiger partial charge in [0.2, 0.25) is 17.8 Å². The lowest BCUT2D eigenvalue weighted by molar-refractivity contribution is -0.125. The van der Waals surface area contributed by atoms with Gasteiger partial charge in [0.25, 0.3) is 0 Å². The van der Waals surface area contributed by atoms with Crippen molar-refractivity contribution in [3.63, 3.8) is 0 Å². The molecule has 1 aliphatic rings. The normalized spacial score (nSPS) is 15.8. The fraction of sp³-hybridized carbons (Fsp3) is 0.200. The highest BCUT2D eigenvalue weighted by Gasteiger charge is 2.33. The Morgan fingerprint density at radius 2 is 1.85 bits per heavy atom. The minimum atomic E-state index is -0.750. The summed E-state index contributed by atoms with van der Waals surface area (Å²) in [5, 5.41) is 10.0. The number of nitrogens with zero attached hydrogens (tertiary/aromatic N) is 3. The highest BCUT2D eigenvalue weighted by Crippen LogP contribution is 2.27. The molecule has 1 aromatic heterocycles. The SMILES string of the molecule is Cc1cc(C)cc(NC(=O)[C@H]2CC(=O)Nc3nc(-c4ccccc4)nn32)c1. The van der Waals surface area contributed by atoms with Crippen LogP contribution in [-0.4, -0.2) is 26.6 Å². The van der Waals surface area contributed by atoms with Crippen molar-refractivity contribution in [2.45, 2.75) is 26.3 Å². The van der Waals surface area contributed by atoms with E-state index in [0.717, 1.165) is 16.7 Å². The molecule has 136 valence electrons. The Balaban J connectivity index is 1.65. The summed E-state index contributed by atoms with van der Waals surface area (Å²) in [5.74, 6) is 0.207. The molecule has 1 aliphatic heterocycles. The summed E-state index contributed by atoms with van der Waals surface area (Å²) in [6, 6.07) is 14.5. The monoisotopic (exact) mass is 361 g/mol. The molecule has 7 heteroatoms. The van der Waals surface area contributed by atoms with Crippen molar-refractivity contribution in [2.75, 3.05) is 10.6 Å². The predicted octanol–water partition coefficient (Wildman–Crippen LogP) is 3.08. The molecule has 0 saturated heterocycles. The van der Waals surface area contributed by atoms with Crippen LogP contribution in [0.25, 0.3) is 11.4 Å². The first-order valence-corrected chi connectivity index (χ1v) is 8.70. The topological polar surface area (TPSA) is 88.9 Å². The highest BCUT2D eigenvalue weighted by molar-refractivity contribution is 6.00. The van der Waals surface area contributed by atoms with Crippen molar-refractivity contribution in [3.8, 4) is 11.4 Å². The molecule has 1 atom stereocenters. The number of fused-ring (bicyclic) bond motifs is 1. The Hall–Kier alpha value is -3.48. The molecule has 2 heterocycles. The second kappa shape index (κ2) is 6.68. The zero-order valence-corrected chi connectivity index (χ0v) is 15.1. The van der Waals surface area contributed by atoms with Crippen LogP contribution in [0.1, 0.15) is 23.6 Å². The fourth-order valence-corrected chi connectivity index (χ4v) is 3.25. The molecule has 2 aromatic carbocycles. The van der Waals surface area contributed by atoms with Gasteiger partial charge in [0.15, 0.2) is 5.82 Å². The zero-order valence-electron chi connectivity index (χ0n) is 15.1. The molecule has 7 nitrogen and oxygen atoms in total. The van der Waals surface area contributed by atoms with Gasteiger partial charge < -0.3 is 5.32 Å². The van der Waals surface area contributed by atoms with Gasteiger partial charge in [-0.05, 0) is 37.1 Å². The van der Waals surface area contributed by atoms with Gasteiger partial charge in [-0.2, -0.15) is 4.98 Å². The van der Waals surface area contributed by atoms with Crippen LogP contribution >= 0.6 is 0 Å². The first kappa shape index (κ1) is 17.0. The molecular weight excluding hydrogens is 342 g/mol. The number of benzene rings is 2. The number of hydrogen-bond acceptors (Lipinski definition) is 4. The highest BCUT2D eigenvalue weighted by atomic mass is 16.2. The third kappa shape index (κ3) is 3.44. The van der Waals surface area contributed by atoms with Crippen molar-refractivity contribution in [1.82, 2.24) is 14.8 Å². The third-order valence-electron chi connectivity index (χ3n) is 4.38. The summed E-state index contributed by atoms with van der Waals surface area (Å²) in [6.07, 6.45) is 0.0151. The molecule has 2 N–H and O–H groups in total. The van der Waals surface area contributed by atoms with Gasteiger partial charge in [-0.3, -0.25) is 14.9 Å². The van der Waals surface area contributed by atoms with E-state index in [0.29, 0.717) is 11.5 Å². The minimum Gasteiger partial charge on any atom is -0.324 e. The Bertz CT molecular complexity index is 1010. The van der Waals surface area contributed by atoms with E-state index in [4.69, 9.17) is 0 Å². The van der Waals surface area contributed by atoms with E-state index < -0.39 is 6.04 Å². The third-order valence-corrected chi connectivity index (χ3v) is 4.38. The van der Waals surface area contributed by atoms with Crippen LogP contribution in [0.15, 0.2) is 48.5 Å². The second-order valence-corrected chi connectivity index (χ2v) is 6.70. The molecule has 0 fully saturated rings. The van der Waals surface area contributed by atoms with E-state index >= 15 is 0 Å². The Labute approximate surface area is 156 Å². The van der Waals surface area contributed by atoms with Gasteiger partial charge in [0.05, 0.1) is 6.42 Å². The van der Waals surface area contributed by atoms with Crippen LogP contribution < -0.4 is 10.6 Å². The number of amides is 2. The van der Waals surface area contributed by atoms with Gasteiger partial charge in [0.1, 0.15) is 6.04 Å². The first-order valence-electron chi connectivity index (χ1n) is 8.70. The number of aromatic nitrogens is 3. The number of nitrogens with one attached hydrogen (secondary N) is 2. The van der Waals surface area contributed by atoms with Gasteiger partial charge in [-0.15, -0.1) is 5.10 Å². The van der Waals surface area contributed by atoms with Gasteiger partial charge in [-0.25, -0.2) is 4.68 Å². The summed E-state index contributed by atoms with van der Waals surface area (Å²) >= 11 is 0. The molecule has 0 radical (unpaired) electrons. The number of rotatable bonds is 3. The van der Waals surface area contributed by atoms with Crippen LogP contribution in [0.3, 0.4) is 0 Å². The van der Waals surface area contributed by atoms with E-state index in [1.54, 1.807) is 0 Å². The molecular formula is C20H19N5O2. The largest absolute Gasteiger partial charge is 0.324 e. The van der Waals surface area contributed by atoms with Crippen LogP contribution in [0.2, 0.25) is 0 Å². The Kier molecular flexibility index (Phi) is 4.19. The maximum Gasteiger partial charge on any atom is 0.249 e. The maximum absolute atomic E-state index is 12.9. The zero-order chi connectivity index (χ0) is 19.0. The lowest BCUT2D eigenvalue weighted by atomic mass is 10.1. The smallest absolute Gasteiger partial charge is 0.249 e. The molecule has 4 rings (SSSR count). The molecule has 0 bridgehead atoms. The fourth-order valence-electron chi connectivity index (χ4n) is 3.25. The lowest BCUT2D eigenvalue weighted by Gasteiger charge is -2.22. The van der Waals surface area contributed by atoms with Crippen molar-refractivity contribution in [2.24, 2.45) is 0 Å². The number of aryl methyl sites for hydroxylation is 2. The second-order valence-electron chi connectivity index (χ2n) is 6.70. The molecule has 2 amide bonds. The predicted molar refractivity (Wildman–Crippen MR) is 102 cm³/mol. The average molecular weight is 361 g/mol. The quantitative estimate of drug-likeness (QED) is 0.750. The molecule has 27 heavy (non-hydrogen) atoms. The van der Waals surface area contributed by atoms with Gasteiger partial charge in [-0.1, -0.05) is 36.4 Å². The summed E-state index contributed by atoms with van der Waals surface area (Å²) < 4.78 is 1.49. The Morgan fingerprint density at radius 1 is 1.15 bits per heavy atom. The standard InChI is InChI=1S/C20H19N5O2/c1-12-8-13(2)10-15(9-12)21-19(27)16-11-17(26)22-20-23-18(24-25(16)20)14-6-4-3-5-7-14/h3-10,16H,11H2,1-2H3,(H,21,27)(H,22,23,24,26)/t16-/m1/s1.